The third kappa shape index (κ3) is 3.58. The van der Waals surface area contributed by atoms with Crippen LogP contribution in [0.1, 0.15) is 47.2 Å². The summed E-state index contributed by atoms with van der Waals surface area (Å²) >= 11 is 0. The minimum Gasteiger partial charge on any atom is -0.383 e. The summed E-state index contributed by atoms with van der Waals surface area (Å²) in [5.41, 5.74) is 1.75. The summed E-state index contributed by atoms with van der Waals surface area (Å²) in [6.45, 7) is 7.69. The molecule has 2 aromatic rings. The normalized spacial score (nSPS) is 20.1. The first kappa shape index (κ1) is 20.8. The highest BCUT2D eigenvalue weighted by molar-refractivity contribution is 6.11. The van der Waals surface area contributed by atoms with E-state index in [0.29, 0.717) is 17.7 Å². The standard InChI is InChI=1S/C22H27N3O4/c1-14-11-18(16(3)25(14)15(2)13-29-5)19(26)12-24-20(27)22(4,23-21(24)28)17-9-7-6-8-10-17/h6-11,15H,12-13H2,1-5H3,(H,23,28)/t15-,22-/m1/s1. The van der Waals surface area contributed by atoms with E-state index in [-0.39, 0.29) is 18.4 Å². The van der Waals surface area contributed by atoms with Crippen LogP contribution in [-0.4, -0.2) is 47.4 Å². The monoisotopic (exact) mass is 397 g/mol. The number of nitrogens with one attached hydrogen (secondary N) is 1. The number of aromatic nitrogens is 1. The van der Waals surface area contributed by atoms with Gasteiger partial charge in [0, 0.05) is 24.1 Å². The van der Waals surface area contributed by atoms with Crippen molar-refractivity contribution in [2.24, 2.45) is 0 Å². The van der Waals surface area contributed by atoms with Crippen LogP contribution in [0.25, 0.3) is 0 Å². The molecule has 0 saturated carbocycles. The molecule has 0 unspecified atom stereocenters. The Hall–Kier alpha value is -2.93. The predicted octanol–water partition coefficient (Wildman–Crippen LogP) is 2.96. The lowest BCUT2D eigenvalue weighted by atomic mass is 9.92. The fourth-order valence-electron chi connectivity index (χ4n) is 4.09. The van der Waals surface area contributed by atoms with Crippen LogP contribution in [0.15, 0.2) is 36.4 Å². The van der Waals surface area contributed by atoms with Crippen molar-refractivity contribution in [3.05, 3.63) is 58.9 Å². The molecule has 0 bridgehead atoms. The van der Waals surface area contributed by atoms with Gasteiger partial charge in [-0.2, -0.15) is 0 Å². The third-order valence-corrected chi connectivity index (χ3v) is 5.56. The van der Waals surface area contributed by atoms with E-state index in [1.807, 2.05) is 43.5 Å². The maximum atomic E-state index is 13.0. The molecule has 7 heteroatoms. The van der Waals surface area contributed by atoms with E-state index in [2.05, 4.69) is 5.32 Å². The van der Waals surface area contributed by atoms with Crippen molar-refractivity contribution < 1.29 is 19.1 Å². The van der Waals surface area contributed by atoms with Crippen molar-refractivity contribution in [3.63, 3.8) is 0 Å². The summed E-state index contributed by atoms with van der Waals surface area (Å²) in [6, 6.07) is 10.3. The number of methoxy groups -OCH3 is 1. The molecule has 2 heterocycles. The minimum absolute atomic E-state index is 0.0691. The molecule has 1 saturated heterocycles. The van der Waals surface area contributed by atoms with Crippen molar-refractivity contribution in [2.45, 2.75) is 39.3 Å². The summed E-state index contributed by atoms with van der Waals surface area (Å²) < 4.78 is 7.27. The molecule has 0 aliphatic carbocycles. The highest BCUT2D eigenvalue weighted by Crippen LogP contribution is 2.29. The number of imide groups is 1. The second-order valence-electron chi connectivity index (χ2n) is 7.69. The highest BCUT2D eigenvalue weighted by atomic mass is 16.5. The summed E-state index contributed by atoms with van der Waals surface area (Å²) in [7, 11) is 1.64. The summed E-state index contributed by atoms with van der Waals surface area (Å²) in [5.74, 6) is -0.696. The molecule has 0 spiro atoms. The SMILES string of the molecule is COC[C@@H](C)n1c(C)cc(C(=O)CN2C(=O)N[C@](C)(c3ccccc3)C2=O)c1C. The Morgan fingerprint density at radius 3 is 2.48 bits per heavy atom. The summed E-state index contributed by atoms with van der Waals surface area (Å²) in [4.78, 5) is 39.5. The third-order valence-electron chi connectivity index (χ3n) is 5.56. The lowest BCUT2D eigenvalue weighted by molar-refractivity contribution is -0.130. The zero-order valence-corrected chi connectivity index (χ0v) is 17.5. The fraction of sp³-hybridized carbons (Fsp3) is 0.409. The van der Waals surface area contributed by atoms with Crippen LogP contribution in [0.3, 0.4) is 0 Å². The number of aryl methyl sites for hydroxylation is 1. The summed E-state index contributed by atoms with van der Waals surface area (Å²) in [5, 5.41) is 2.73. The number of hydrogen-bond donors (Lipinski definition) is 1. The number of ether oxygens (including phenoxy) is 1. The van der Waals surface area contributed by atoms with E-state index in [0.717, 1.165) is 16.3 Å². The largest absolute Gasteiger partial charge is 0.383 e. The van der Waals surface area contributed by atoms with Crippen molar-refractivity contribution in [1.29, 1.82) is 0 Å². The highest BCUT2D eigenvalue weighted by Gasteiger charge is 2.49. The Balaban J connectivity index is 1.84. The lowest BCUT2D eigenvalue weighted by Gasteiger charge is -2.22. The van der Waals surface area contributed by atoms with Gasteiger partial charge in [0.25, 0.3) is 5.91 Å². The molecule has 2 atom stereocenters. The molecule has 7 nitrogen and oxygen atoms in total. The van der Waals surface area contributed by atoms with Crippen LogP contribution < -0.4 is 5.32 Å². The molecule has 1 aromatic heterocycles. The first-order chi connectivity index (χ1) is 13.7. The van der Waals surface area contributed by atoms with Gasteiger partial charge in [0.1, 0.15) is 5.54 Å². The number of rotatable bonds is 7. The molecule has 1 aromatic carbocycles. The maximum absolute atomic E-state index is 13.0. The van der Waals surface area contributed by atoms with E-state index < -0.39 is 17.5 Å². The van der Waals surface area contributed by atoms with Gasteiger partial charge in [0.05, 0.1) is 19.2 Å². The van der Waals surface area contributed by atoms with Gasteiger partial charge in [-0.05, 0) is 39.3 Å². The van der Waals surface area contributed by atoms with E-state index in [1.165, 1.54) is 0 Å². The molecule has 29 heavy (non-hydrogen) atoms. The summed E-state index contributed by atoms with van der Waals surface area (Å²) in [6.07, 6.45) is 0. The first-order valence-corrected chi connectivity index (χ1v) is 9.61. The van der Waals surface area contributed by atoms with Crippen molar-refractivity contribution in [2.75, 3.05) is 20.3 Å². The molecule has 154 valence electrons. The van der Waals surface area contributed by atoms with E-state index in [4.69, 9.17) is 4.74 Å². The first-order valence-electron chi connectivity index (χ1n) is 9.61. The van der Waals surface area contributed by atoms with Crippen molar-refractivity contribution in [1.82, 2.24) is 14.8 Å². The van der Waals surface area contributed by atoms with Gasteiger partial charge in [0.15, 0.2) is 5.78 Å². The van der Waals surface area contributed by atoms with Gasteiger partial charge in [-0.1, -0.05) is 30.3 Å². The number of Topliss-reactive ketones (excluding diaryl/α,β-unsaturated/α-hetero) is 1. The quantitative estimate of drug-likeness (QED) is 0.575. The Kier molecular flexibility index (Phi) is 5.61. The Bertz CT molecular complexity index is 950. The topological polar surface area (TPSA) is 80.6 Å². The van der Waals surface area contributed by atoms with Crippen molar-refractivity contribution in [3.8, 4) is 0 Å². The number of ketones is 1. The lowest BCUT2D eigenvalue weighted by Crippen LogP contribution is -2.41. The zero-order chi connectivity index (χ0) is 21.3. The van der Waals surface area contributed by atoms with E-state index in [1.54, 1.807) is 32.2 Å². The van der Waals surface area contributed by atoms with E-state index >= 15 is 0 Å². The Morgan fingerprint density at radius 2 is 1.86 bits per heavy atom. The number of carbonyl (C=O) groups excluding carboxylic acids is 3. The molecule has 1 N–H and O–H groups in total. The molecule has 3 amide bonds. The van der Waals surface area contributed by atoms with Crippen LogP contribution >= 0.6 is 0 Å². The number of hydrogen-bond acceptors (Lipinski definition) is 4. The van der Waals surface area contributed by atoms with Crippen LogP contribution in [-0.2, 0) is 15.1 Å². The van der Waals surface area contributed by atoms with Gasteiger partial charge < -0.3 is 14.6 Å². The minimum atomic E-state index is -1.18. The van der Waals surface area contributed by atoms with Crippen LogP contribution in [0.2, 0.25) is 0 Å². The fourth-order valence-corrected chi connectivity index (χ4v) is 4.09. The average Bonchev–Trinajstić information content (AvgIpc) is 3.10. The molecular formula is C22H27N3O4. The van der Waals surface area contributed by atoms with E-state index in [9.17, 15) is 14.4 Å². The molecule has 1 fully saturated rings. The van der Waals surface area contributed by atoms with Crippen LogP contribution in [0.4, 0.5) is 4.79 Å². The average molecular weight is 397 g/mol. The molecular weight excluding hydrogens is 370 g/mol. The van der Waals surface area contributed by atoms with Gasteiger partial charge in [-0.3, -0.25) is 14.5 Å². The maximum Gasteiger partial charge on any atom is 0.325 e. The van der Waals surface area contributed by atoms with Gasteiger partial charge in [-0.25, -0.2) is 4.79 Å². The molecule has 1 aliphatic rings. The number of carbonyl (C=O) groups is 3. The van der Waals surface area contributed by atoms with Crippen molar-refractivity contribution >= 4 is 17.7 Å². The van der Waals surface area contributed by atoms with Gasteiger partial charge >= 0.3 is 6.03 Å². The molecule has 1 aliphatic heterocycles. The number of nitrogens with zero attached hydrogens (tertiary/aromatic N) is 2. The predicted molar refractivity (Wildman–Crippen MR) is 109 cm³/mol. The molecule has 3 rings (SSSR count). The zero-order valence-electron chi connectivity index (χ0n) is 17.5. The second-order valence-corrected chi connectivity index (χ2v) is 7.69. The smallest absolute Gasteiger partial charge is 0.325 e. The second kappa shape index (κ2) is 7.83. The van der Waals surface area contributed by atoms with Gasteiger partial charge in [0.2, 0.25) is 0 Å². The van der Waals surface area contributed by atoms with Crippen LogP contribution in [0.5, 0.6) is 0 Å². The van der Waals surface area contributed by atoms with Gasteiger partial charge in [-0.15, -0.1) is 0 Å². The number of urea groups is 1. The number of benzene rings is 1. The Morgan fingerprint density at radius 1 is 1.21 bits per heavy atom. The Labute approximate surface area is 170 Å². The number of amides is 3. The molecule has 0 radical (unpaired) electrons. The van der Waals surface area contributed by atoms with Crippen LogP contribution in [0, 0.1) is 13.8 Å².